The molecule has 0 atom stereocenters. The van der Waals surface area contributed by atoms with Crippen LogP contribution in [0.3, 0.4) is 0 Å². The molecule has 1 aliphatic carbocycles. The summed E-state index contributed by atoms with van der Waals surface area (Å²) in [6, 6.07) is 5.47. The summed E-state index contributed by atoms with van der Waals surface area (Å²) in [5.41, 5.74) is 1.26. The lowest BCUT2D eigenvalue weighted by Gasteiger charge is -2.23. The maximum absolute atomic E-state index is 9.39. The van der Waals surface area contributed by atoms with Crippen LogP contribution < -0.4 is 4.74 Å². The van der Waals surface area contributed by atoms with Gasteiger partial charge in [-0.3, -0.25) is 0 Å². The molecule has 0 spiro atoms. The first-order valence-corrected chi connectivity index (χ1v) is 5.68. The first kappa shape index (κ1) is 10.3. The largest absolute Gasteiger partial charge is 0.508 e. The zero-order valence-corrected chi connectivity index (χ0v) is 9.20. The third-order valence-electron chi connectivity index (χ3n) is 3.26. The minimum atomic E-state index is 0.284. The van der Waals surface area contributed by atoms with E-state index in [9.17, 15) is 5.11 Å². The summed E-state index contributed by atoms with van der Waals surface area (Å²) in [6.07, 6.45) is 6.49. The van der Waals surface area contributed by atoms with Gasteiger partial charge in [-0.05, 0) is 30.4 Å². The SMILES string of the molecule is COc1cc(O)ccc1C1CCCCC1. The van der Waals surface area contributed by atoms with Crippen LogP contribution in [-0.4, -0.2) is 12.2 Å². The summed E-state index contributed by atoms with van der Waals surface area (Å²) in [6.45, 7) is 0. The molecule has 1 aromatic carbocycles. The van der Waals surface area contributed by atoms with Crippen LogP contribution in [-0.2, 0) is 0 Å². The van der Waals surface area contributed by atoms with Crippen molar-refractivity contribution in [3.05, 3.63) is 23.8 Å². The van der Waals surface area contributed by atoms with Crippen molar-refractivity contribution in [3.63, 3.8) is 0 Å². The molecule has 1 N–H and O–H groups in total. The molecule has 0 unspecified atom stereocenters. The van der Waals surface area contributed by atoms with Crippen molar-refractivity contribution in [2.75, 3.05) is 7.11 Å². The zero-order valence-electron chi connectivity index (χ0n) is 9.20. The number of hydrogen-bond donors (Lipinski definition) is 1. The van der Waals surface area contributed by atoms with Crippen LogP contribution in [0.1, 0.15) is 43.6 Å². The van der Waals surface area contributed by atoms with Crippen LogP contribution in [0, 0.1) is 0 Å². The molecule has 0 amide bonds. The van der Waals surface area contributed by atoms with Gasteiger partial charge in [-0.15, -0.1) is 0 Å². The van der Waals surface area contributed by atoms with Gasteiger partial charge in [-0.25, -0.2) is 0 Å². The number of methoxy groups -OCH3 is 1. The van der Waals surface area contributed by atoms with E-state index in [1.165, 1.54) is 37.7 Å². The van der Waals surface area contributed by atoms with E-state index in [0.29, 0.717) is 5.92 Å². The Hall–Kier alpha value is -1.18. The van der Waals surface area contributed by atoms with Crippen LogP contribution in [0.2, 0.25) is 0 Å². The Morgan fingerprint density at radius 2 is 1.93 bits per heavy atom. The van der Waals surface area contributed by atoms with Crippen LogP contribution in [0.5, 0.6) is 11.5 Å². The molecule has 0 aromatic heterocycles. The fraction of sp³-hybridized carbons (Fsp3) is 0.538. The van der Waals surface area contributed by atoms with Crippen molar-refractivity contribution < 1.29 is 9.84 Å². The molecule has 0 radical (unpaired) electrons. The smallest absolute Gasteiger partial charge is 0.126 e. The number of ether oxygens (including phenoxy) is 1. The molecule has 2 heteroatoms. The highest BCUT2D eigenvalue weighted by atomic mass is 16.5. The van der Waals surface area contributed by atoms with Gasteiger partial charge in [0.25, 0.3) is 0 Å². The molecule has 1 saturated carbocycles. The molecule has 0 heterocycles. The predicted octanol–water partition coefficient (Wildman–Crippen LogP) is 3.45. The maximum atomic E-state index is 9.39. The number of benzene rings is 1. The molecule has 1 fully saturated rings. The van der Waals surface area contributed by atoms with Crippen molar-refractivity contribution in [2.45, 2.75) is 38.0 Å². The van der Waals surface area contributed by atoms with Gasteiger partial charge in [0, 0.05) is 6.07 Å². The maximum Gasteiger partial charge on any atom is 0.126 e. The van der Waals surface area contributed by atoms with Crippen LogP contribution >= 0.6 is 0 Å². The van der Waals surface area contributed by atoms with E-state index in [4.69, 9.17) is 4.74 Å². The predicted molar refractivity (Wildman–Crippen MR) is 60.5 cm³/mol. The van der Waals surface area contributed by atoms with E-state index >= 15 is 0 Å². The van der Waals surface area contributed by atoms with Gasteiger partial charge in [-0.1, -0.05) is 25.3 Å². The summed E-state index contributed by atoms with van der Waals surface area (Å²) in [4.78, 5) is 0. The minimum Gasteiger partial charge on any atom is -0.508 e. The molecule has 0 aliphatic heterocycles. The fourth-order valence-corrected chi connectivity index (χ4v) is 2.45. The summed E-state index contributed by atoms with van der Waals surface area (Å²) < 4.78 is 5.32. The number of phenols is 1. The summed E-state index contributed by atoms with van der Waals surface area (Å²) in [7, 11) is 1.67. The van der Waals surface area contributed by atoms with Gasteiger partial charge >= 0.3 is 0 Å². The van der Waals surface area contributed by atoms with Gasteiger partial charge in [-0.2, -0.15) is 0 Å². The standard InChI is InChI=1S/C13H18O2/c1-15-13-9-11(14)7-8-12(13)10-5-3-2-4-6-10/h7-10,14H,2-6H2,1H3. The Balaban J connectivity index is 2.25. The Labute approximate surface area is 90.9 Å². The van der Waals surface area contributed by atoms with Gasteiger partial charge in [0.15, 0.2) is 0 Å². The second-order valence-electron chi connectivity index (χ2n) is 4.26. The molecule has 1 aliphatic rings. The van der Waals surface area contributed by atoms with Crippen LogP contribution in [0.15, 0.2) is 18.2 Å². The highest BCUT2D eigenvalue weighted by Crippen LogP contribution is 2.38. The third-order valence-corrected chi connectivity index (χ3v) is 3.26. The highest BCUT2D eigenvalue weighted by molar-refractivity contribution is 5.42. The van der Waals surface area contributed by atoms with E-state index in [-0.39, 0.29) is 5.75 Å². The van der Waals surface area contributed by atoms with Crippen LogP contribution in [0.4, 0.5) is 0 Å². The van der Waals surface area contributed by atoms with Crippen molar-refractivity contribution in [1.82, 2.24) is 0 Å². The molecule has 2 rings (SSSR count). The quantitative estimate of drug-likeness (QED) is 0.803. The van der Waals surface area contributed by atoms with Crippen LogP contribution in [0.25, 0.3) is 0 Å². The molecule has 0 bridgehead atoms. The van der Waals surface area contributed by atoms with Crippen molar-refractivity contribution in [3.8, 4) is 11.5 Å². The van der Waals surface area contributed by atoms with Crippen molar-refractivity contribution >= 4 is 0 Å². The topological polar surface area (TPSA) is 29.5 Å². The molecular formula is C13H18O2. The monoisotopic (exact) mass is 206 g/mol. The molecular weight excluding hydrogens is 188 g/mol. The molecule has 1 aromatic rings. The van der Waals surface area contributed by atoms with Gasteiger partial charge in [0.2, 0.25) is 0 Å². The van der Waals surface area contributed by atoms with Crippen molar-refractivity contribution in [2.24, 2.45) is 0 Å². The lowest BCUT2D eigenvalue weighted by atomic mass is 9.83. The number of hydrogen-bond acceptors (Lipinski definition) is 2. The Morgan fingerprint density at radius 3 is 2.60 bits per heavy atom. The molecule has 0 saturated heterocycles. The number of aromatic hydroxyl groups is 1. The summed E-state index contributed by atoms with van der Waals surface area (Å²) in [5, 5.41) is 9.39. The first-order valence-electron chi connectivity index (χ1n) is 5.68. The molecule has 2 nitrogen and oxygen atoms in total. The number of rotatable bonds is 2. The zero-order chi connectivity index (χ0) is 10.7. The van der Waals surface area contributed by atoms with E-state index < -0.39 is 0 Å². The van der Waals surface area contributed by atoms with Gasteiger partial charge in [0.1, 0.15) is 11.5 Å². The summed E-state index contributed by atoms with van der Waals surface area (Å²) >= 11 is 0. The second-order valence-corrected chi connectivity index (χ2v) is 4.26. The Kier molecular flexibility index (Phi) is 3.14. The minimum absolute atomic E-state index is 0.284. The average Bonchev–Trinajstić information content (AvgIpc) is 2.30. The normalized spacial score (nSPS) is 17.7. The lowest BCUT2D eigenvalue weighted by Crippen LogP contribution is -2.06. The Morgan fingerprint density at radius 1 is 1.20 bits per heavy atom. The molecule has 15 heavy (non-hydrogen) atoms. The Bertz CT molecular complexity index is 327. The van der Waals surface area contributed by atoms with E-state index in [0.717, 1.165) is 5.75 Å². The van der Waals surface area contributed by atoms with Gasteiger partial charge < -0.3 is 9.84 Å². The summed E-state index contributed by atoms with van der Waals surface area (Å²) in [5.74, 6) is 1.74. The van der Waals surface area contributed by atoms with E-state index in [2.05, 4.69) is 0 Å². The lowest BCUT2D eigenvalue weighted by molar-refractivity contribution is 0.382. The van der Waals surface area contributed by atoms with E-state index in [1.54, 1.807) is 19.2 Å². The highest BCUT2D eigenvalue weighted by Gasteiger charge is 2.19. The van der Waals surface area contributed by atoms with E-state index in [1.807, 2.05) is 6.07 Å². The third kappa shape index (κ3) is 2.25. The first-order chi connectivity index (χ1) is 7.31. The second kappa shape index (κ2) is 4.56. The average molecular weight is 206 g/mol. The fourth-order valence-electron chi connectivity index (χ4n) is 2.45. The molecule has 82 valence electrons. The number of phenolic OH excluding ortho intramolecular Hbond substituents is 1. The van der Waals surface area contributed by atoms with Crippen molar-refractivity contribution in [1.29, 1.82) is 0 Å². The van der Waals surface area contributed by atoms with Gasteiger partial charge in [0.05, 0.1) is 7.11 Å².